The molecule has 0 radical (unpaired) electrons. The molecule has 1 aliphatic heterocycles. The van der Waals surface area contributed by atoms with Crippen molar-refractivity contribution < 1.29 is 0 Å². The number of nitrogens with zero attached hydrogens (tertiary/aromatic N) is 2. The summed E-state index contributed by atoms with van der Waals surface area (Å²) in [6, 6.07) is 10.8. The third-order valence-corrected chi connectivity index (χ3v) is 4.20. The van der Waals surface area contributed by atoms with Gasteiger partial charge in [-0.3, -0.25) is 0 Å². The van der Waals surface area contributed by atoms with Gasteiger partial charge >= 0.3 is 0 Å². The molecule has 1 aromatic rings. The molecule has 1 aliphatic rings. The fourth-order valence-corrected chi connectivity index (χ4v) is 3.17. The van der Waals surface area contributed by atoms with E-state index in [-0.39, 0.29) is 0 Å². The van der Waals surface area contributed by atoms with Crippen molar-refractivity contribution in [3.05, 3.63) is 48.3 Å². The van der Waals surface area contributed by atoms with Gasteiger partial charge in [-0.1, -0.05) is 70.4 Å². The van der Waals surface area contributed by atoms with Crippen molar-refractivity contribution in [1.82, 2.24) is 9.80 Å². The van der Waals surface area contributed by atoms with E-state index in [1.54, 1.807) is 0 Å². The van der Waals surface area contributed by atoms with Gasteiger partial charge in [0.05, 0.1) is 0 Å². The molecule has 2 heteroatoms. The molecule has 1 unspecified atom stereocenters. The van der Waals surface area contributed by atoms with E-state index in [0.717, 1.165) is 6.54 Å². The molecule has 0 bridgehead atoms. The summed E-state index contributed by atoms with van der Waals surface area (Å²) in [4.78, 5) is 5.02. The predicted octanol–water partition coefficient (Wildman–Crippen LogP) is 4.84. The van der Waals surface area contributed by atoms with Crippen LogP contribution >= 0.6 is 0 Å². The summed E-state index contributed by atoms with van der Waals surface area (Å²) in [5.41, 5.74) is 1.39. The van der Waals surface area contributed by atoms with Crippen LogP contribution in [0.1, 0.15) is 52.0 Å². The van der Waals surface area contributed by atoms with Crippen LogP contribution in [-0.4, -0.2) is 22.5 Å². The van der Waals surface area contributed by atoms with Gasteiger partial charge in [-0.05, 0) is 17.9 Å². The first-order chi connectivity index (χ1) is 10.2. The molecule has 116 valence electrons. The Hall–Kier alpha value is -1.44. The molecule has 1 aromatic carbocycles. The largest absolute Gasteiger partial charge is 0.356 e. The van der Waals surface area contributed by atoms with E-state index in [1.165, 1.54) is 37.8 Å². The molecule has 21 heavy (non-hydrogen) atoms. The Labute approximate surface area is 130 Å². The van der Waals surface area contributed by atoms with Crippen LogP contribution in [0, 0.1) is 5.92 Å². The van der Waals surface area contributed by atoms with Crippen molar-refractivity contribution in [3.63, 3.8) is 0 Å². The van der Waals surface area contributed by atoms with E-state index in [2.05, 4.69) is 73.3 Å². The molecule has 2 nitrogen and oxygen atoms in total. The highest BCUT2D eigenvalue weighted by Gasteiger charge is 2.28. The van der Waals surface area contributed by atoms with Gasteiger partial charge in [0, 0.05) is 25.5 Å². The first-order valence-corrected chi connectivity index (χ1v) is 8.46. The van der Waals surface area contributed by atoms with E-state index < -0.39 is 0 Å². The Morgan fingerprint density at radius 3 is 2.33 bits per heavy atom. The Balaban J connectivity index is 1.92. The summed E-state index contributed by atoms with van der Waals surface area (Å²) in [6.07, 6.45) is 10.4. The molecule has 0 N–H and O–H groups in total. The first kappa shape index (κ1) is 15.9. The van der Waals surface area contributed by atoms with E-state index in [0.29, 0.717) is 12.1 Å². The van der Waals surface area contributed by atoms with Crippen molar-refractivity contribution in [1.29, 1.82) is 0 Å². The van der Waals surface area contributed by atoms with E-state index in [4.69, 9.17) is 0 Å². The highest BCUT2D eigenvalue weighted by atomic mass is 15.4. The van der Waals surface area contributed by atoms with Crippen LogP contribution in [0.15, 0.2) is 42.7 Å². The molecule has 1 atom stereocenters. The lowest BCUT2D eigenvalue weighted by Crippen LogP contribution is -2.42. The summed E-state index contributed by atoms with van der Waals surface area (Å²) in [6.45, 7) is 9.12. The van der Waals surface area contributed by atoms with E-state index in [1.807, 2.05) is 0 Å². The average Bonchev–Trinajstić information content (AvgIpc) is 2.87. The average molecular weight is 286 g/mol. The summed E-state index contributed by atoms with van der Waals surface area (Å²) >= 11 is 0. The normalized spacial score (nSPS) is 18.0. The molecule has 0 amide bonds. The van der Waals surface area contributed by atoms with E-state index in [9.17, 15) is 0 Å². The fraction of sp³-hybridized carbons (Fsp3) is 0.579. The second-order valence-corrected chi connectivity index (χ2v) is 6.41. The van der Waals surface area contributed by atoms with Crippen LogP contribution in [0.4, 0.5) is 0 Å². The maximum Gasteiger partial charge on any atom is 0.103 e. The second-order valence-electron chi connectivity index (χ2n) is 6.41. The van der Waals surface area contributed by atoms with Crippen LogP contribution in [-0.2, 0) is 6.54 Å². The van der Waals surface area contributed by atoms with Crippen molar-refractivity contribution in [2.45, 2.75) is 59.2 Å². The molecule has 2 rings (SSSR count). The minimum atomic E-state index is 0.506. The molecule has 1 heterocycles. The minimum Gasteiger partial charge on any atom is -0.356 e. The van der Waals surface area contributed by atoms with Gasteiger partial charge in [0.2, 0.25) is 0 Å². The van der Waals surface area contributed by atoms with Crippen molar-refractivity contribution in [2.75, 3.05) is 6.54 Å². The SMILES string of the molecule is CCCCCCN1C=CN(Cc2ccccc2)C1C(C)C. The lowest BCUT2D eigenvalue weighted by molar-refractivity contribution is 0.100. The number of unbranched alkanes of at least 4 members (excludes halogenated alkanes) is 3. The van der Waals surface area contributed by atoms with Gasteiger partial charge in [0.15, 0.2) is 0 Å². The summed E-state index contributed by atoms with van der Waals surface area (Å²) in [5, 5.41) is 0. The van der Waals surface area contributed by atoms with Gasteiger partial charge in [0.1, 0.15) is 6.17 Å². The molecule has 0 fully saturated rings. The highest BCUT2D eigenvalue weighted by molar-refractivity contribution is 5.16. The standard InChI is InChI=1S/C19H30N2/c1-4-5-6-10-13-20-14-15-21(19(20)17(2)3)16-18-11-8-7-9-12-18/h7-9,11-12,14-15,17,19H,4-6,10,13,16H2,1-3H3. The summed E-state index contributed by atoms with van der Waals surface area (Å²) in [7, 11) is 0. The van der Waals surface area contributed by atoms with Gasteiger partial charge in [-0.2, -0.15) is 0 Å². The predicted molar refractivity (Wildman–Crippen MR) is 90.6 cm³/mol. The third kappa shape index (κ3) is 4.52. The molecule has 0 spiro atoms. The topological polar surface area (TPSA) is 6.48 Å². The van der Waals surface area contributed by atoms with Crippen LogP contribution in [0.25, 0.3) is 0 Å². The quantitative estimate of drug-likeness (QED) is 0.631. The van der Waals surface area contributed by atoms with Crippen LogP contribution in [0.2, 0.25) is 0 Å². The van der Waals surface area contributed by atoms with Crippen LogP contribution in [0.5, 0.6) is 0 Å². The minimum absolute atomic E-state index is 0.506. The highest BCUT2D eigenvalue weighted by Crippen LogP contribution is 2.25. The van der Waals surface area contributed by atoms with Gasteiger partial charge in [0.25, 0.3) is 0 Å². The zero-order valence-corrected chi connectivity index (χ0v) is 13.8. The third-order valence-electron chi connectivity index (χ3n) is 4.20. The number of hydrogen-bond donors (Lipinski definition) is 0. The van der Waals surface area contributed by atoms with Crippen LogP contribution in [0.3, 0.4) is 0 Å². The molecule has 0 saturated heterocycles. The number of rotatable bonds is 8. The number of benzene rings is 1. The molecule has 0 aliphatic carbocycles. The van der Waals surface area contributed by atoms with Crippen LogP contribution < -0.4 is 0 Å². The molecule has 0 saturated carbocycles. The lowest BCUT2D eigenvalue weighted by Gasteiger charge is -2.36. The molecular weight excluding hydrogens is 256 g/mol. The smallest absolute Gasteiger partial charge is 0.103 e. The zero-order chi connectivity index (χ0) is 15.1. The Morgan fingerprint density at radius 2 is 1.67 bits per heavy atom. The fourth-order valence-electron chi connectivity index (χ4n) is 3.17. The molecular formula is C19H30N2. The van der Waals surface area contributed by atoms with Crippen molar-refractivity contribution in [3.8, 4) is 0 Å². The van der Waals surface area contributed by atoms with Gasteiger partial charge < -0.3 is 9.80 Å². The van der Waals surface area contributed by atoms with Gasteiger partial charge in [-0.25, -0.2) is 0 Å². The maximum atomic E-state index is 2.53. The molecule has 0 aromatic heterocycles. The summed E-state index contributed by atoms with van der Waals surface area (Å²) in [5.74, 6) is 0.634. The second kappa shape index (κ2) is 8.11. The van der Waals surface area contributed by atoms with E-state index >= 15 is 0 Å². The number of hydrogen-bond acceptors (Lipinski definition) is 2. The zero-order valence-electron chi connectivity index (χ0n) is 13.8. The first-order valence-electron chi connectivity index (χ1n) is 8.46. The van der Waals surface area contributed by atoms with Gasteiger partial charge in [-0.15, -0.1) is 0 Å². The van der Waals surface area contributed by atoms with Crippen molar-refractivity contribution >= 4 is 0 Å². The van der Waals surface area contributed by atoms with Crippen molar-refractivity contribution in [2.24, 2.45) is 5.92 Å². The Kier molecular flexibility index (Phi) is 6.16. The Morgan fingerprint density at radius 1 is 0.952 bits per heavy atom. The maximum absolute atomic E-state index is 2.53. The Bertz CT molecular complexity index is 424. The lowest BCUT2D eigenvalue weighted by atomic mass is 10.1. The monoisotopic (exact) mass is 286 g/mol. The summed E-state index contributed by atoms with van der Waals surface area (Å²) < 4.78 is 0.